The molecule has 0 saturated carbocycles. The molecule has 0 spiro atoms. The minimum absolute atomic E-state index is 0.216. The molecule has 1 aromatic carbocycles. The Morgan fingerprint density at radius 2 is 2.10 bits per heavy atom. The molecule has 0 bridgehead atoms. The van der Waals surface area contributed by atoms with Crippen molar-refractivity contribution in [2.24, 2.45) is 7.05 Å². The Morgan fingerprint density at radius 3 is 2.67 bits per heavy atom. The number of aryl methyl sites for hydroxylation is 2. The van der Waals surface area contributed by atoms with Gasteiger partial charge in [-0.3, -0.25) is 9.48 Å². The van der Waals surface area contributed by atoms with Crippen molar-refractivity contribution in [1.82, 2.24) is 9.78 Å². The minimum Gasteiger partial charge on any atom is -0.495 e. The van der Waals surface area contributed by atoms with Gasteiger partial charge in [-0.05, 0) is 18.6 Å². The SMILES string of the molecule is CCc1nn(C)c(C(=O)N(C)c2ccccc2OC)c1N. The largest absolute Gasteiger partial charge is 0.495 e. The Morgan fingerprint density at radius 1 is 1.43 bits per heavy atom. The topological polar surface area (TPSA) is 73.4 Å². The van der Waals surface area contributed by atoms with E-state index in [4.69, 9.17) is 10.5 Å². The molecule has 0 unspecified atom stereocenters. The Labute approximate surface area is 124 Å². The van der Waals surface area contributed by atoms with Crippen molar-refractivity contribution in [2.75, 3.05) is 24.8 Å². The summed E-state index contributed by atoms with van der Waals surface area (Å²) in [4.78, 5) is 14.2. The summed E-state index contributed by atoms with van der Waals surface area (Å²) in [7, 11) is 4.99. The molecule has 2 rings (SSSR count). The molecule has 6 heteroatoms. The van der Waals surface area contributed by atoms with Crippen molar-refractivity contribution >= 4 is 17.3 Å². The molecule has 0 aliphatic carbocycles. The van der Waals surface area contributed by atoms with E-state index in [1.54, 1.807) is 21.2 Å². The first kappa shape index (κ1) is 14.9. The van der Waals surface area contributed by atoms with Crippen molar-refractivity contribution in [3.05, 3.63) is 35.7 Å². The molecule has 2 N–H and O–H groups in total. The van der Waals surface area contributed by atoms with Crippen LogP contribution in [0.5, 0.6) is 5.75 Å². The van der Waals surface area contributed by atoms with Gasteiger partial charge < -0.3 is 15.4 Å². The molecule has 1 amide bonds. The summed E-state index contributed by atoms with van der Waals surface area (Å²) < 4.78 is 6.82. The van der Waals surface area contributed by atoms with Crippen molar-refractivity contribution in [1.29, 1.82) is 0 Å². The molecular weight excluding hydrogens is 268 g/mol. The summed E-state index contributed by atoms with van der Waals surface area (Å²) in [6, 6.07) is 7.34. The van der Waals surface area contributed by atoms with Gasteiger partial charge in [0.1, 0.15) is 11.4 Å². The summed E-state index contributed by atoms with van der Waals surface area (Å²) in [5.74, 6) is 0.413. The average Bonchev–Trinajstić information content (AvgIpc) is 2.79. The van der Waals surface area contributed by atoms with Gasteiger partial charge in [0.15, 0.2) is 0 Å². The maximum Gasteiger partial charge on any atom is 0.278 e. The molecule has 0 saturated heterocycles. The van der Waals surface area contributed by atoms with Gasteiger partial charge in [-0.1, -0.05) is 19.1 Å². The lowest BCUT2D eigenvalue weighted by atomic mass is 10.2. The van der Waals surface area contributed by atoms with Gasteiger partial charge in [0.25, 0.3) is 5.91 Å². The van der Waals surface area contributed by atoms with Crippen LogP contribution in [0.4, 0.5) is 11.4 Å². The lowest BCUT2D eigenvalue weighted by Gasteiger charge is -2.20. The first-order valence-corrected chi connectivity index (χ1v) is 6.73. The third-order valence-electron chi connectivity index (χ3n) is 3.45. The highest BCUT2D eigenvalue weighted by Gasteiger charge is 2.24. The summed E-state index contributed by atoms with van der Waals surface area (Å²) in [6.45, 7) is 1.96. The van der Waals surface area contributed by atoms with Gasteiger partial charge >= 0.3 is 0 Å². The molecule has 0 radical (unpaired) electrons. The number of hydrogen-bond donors (Lipinski definition) is 1. The predicted molar refractivity (Wildman–Crippen MR) is 82.7 cm³/mol. The molecule has 2 aromatic rings. The van der Waals surface area contributed by atoms with E-state index in [0.717, 1.165) is 5.69 Å². The number of rotatable bonds is 4. The van der Waals surface area contributed by atoms with Crippen LogP contribution in [-0.2, 0) is 13.5 Å². The van der Waals surface area contributed by atoms with Gasteiger partial charge in [-0.2, -0.15) is 5.10 Å². The summed E-state index contributed by atoms with van der Waals surface area (Å²) in [6.07, 6.45) is 0.686. The van der Waals surface area contributed by atoms with Crippen molar-refractivity contribution in [3.8, 4) is 5.75 Å². The van der Waals surface area contributed by atoms with Gasteiger partial charge in [-0.15, -0.1) is 0 Å². The highest BCUT2D eigenvalue weighted by Crippen LogP contribution is 2.29. The zero-order valence-electron chi connectivity index (χ0n) is 12.8. The quantitative estimate of drug-likeness (QED) is 0.931. The third kappa shape index (κ3) is 2.56. The number of anilines is 2. The molecular formula is C15H20N4O2. The Bertz CT molecular complexity index is 664. The first-order valence-electron chi connectivity index (χ1n) is 6.73. The summed E-state index contributed by atoms with van der Waals surface area (Å²) in [5, 5.41) is 4.28. The second kappa shape index (κ2) is 5.87. The van der Waals surface area contributed by atoms with Crippen LogP contribution >= 0.6 is 0 Å². The van der Waals surface area contributed by atoms with Crippen molar-refractivity contribution < 1.29 is 9.53 Å². The van der Waals surface area contributed by atoms with Gasteiger partial charge in [0.05, 0.1) is 24.2 Å². The number of nitrogens with zero attached hydrogens (tertiary/aromatic N) is 3. The Kier molecular flexibility index (Phi) is 4.16. The highest BCUT2D eigenvalue weighted by atomic mass is 16.5. The van der Waals surface area contributed by atoms with Crippen LogP contribution in [0, 0.1) is 0 Å². The standard InChI is InChI=1S/C15H20N4O2/c1-5-10-13(16)14(19(3)17-10)15(20)18(2)11-8-6-7-9-12(11)21-4/h6-9H,5,16H2,1-4H3. The zero-order valence-corrected chi connectivity index (χ0v) is 12.8. The number of hydrogen-bond acceptors (Lipinski definition) is 4. The van der Waals surface area contributed by atoms with Crippen LogP contribution in [0.25, 0.3) is 0 Å². The van der Waals surface area contributed by atoms with Gasteiger partial charge in [0.2, 0.25) is 0 Å². The molecule has 21 heavy (non-hydrogen) atoms. The van der Waals surface area contributed by atoms with E-state index < -0.39 is 0 Å². The van der Waals surface area contributed by atoms with Gasteiger partial charge in [-0.25, -0.2) is 0 Å². The number of carbonyl (C=O) groups excluding carboxylic acids is 1. The Balaban J connectivity index is 2.42. The van der Waals surface area contributed by atoms with E-state index in [9.17, 15) is 4.79 Å². The van der Waals surface area contributed by atoms with Crippen LogP contribution in [0.2, 0.25) is 0 Å². The smallest absolute Gasteiger partial charge is 0.278 e. The van der Waals surface area contributed by atoms with Gasteiger partial charge in [0, 0.05) is 14.1 Å². The van der Waals surface area contributed by atoms with E-state index in [1.807, 2.05) is 31.2 Å². The maximum atomic E-state index is 12.7. The average molecular weight is 288 g/mol. The Hall–Kier alpha value is -2.50. The number of para-hydroxylation sites is 2. The fourth-order valence-corrected chi connectivity index (χ4v) is 2.29. The van der Waals surface area contributed by atoms with Crippen LogP contribution in [-0.4, -0.2) is 29.8 Å². The molecule has 0 aliphatic heterocycles. The fraction of sp³-hybridized carbons (Fsp3) is 0.333. The molecule has 0 aliphatic rings. The molecule has 0 fully saturated rings. The summed E-state index contributed by atoms with van der Waals surface area (Å²) >= 11 is 0. The second-order valence-electron chi connectivity index (χ2n) is 4.72. The number of benzene rings is 1. The molecule has 1 aromatic heterocycles. The number of ether oxygens (including phenoxy) is 1. The lowest BCUT2D eigenvalue weighted by Crippen LogP contribution is -2.29. The summed E-state index contributed by atoms with van der Waals surface area (Å²) in [5.41, 5.74) is 8.28. The monoisotopic (exact) mass is 288 g/mol. The van der Waals surface area contributed by atoms with E-state index >= 15 is 0 Å². The maximum absolute atomic E-state index is 12.7. The highest BCUT2D eigenvalue weighted by molar-refractivity contribution is 6.08. The number of nitrogen functional groups attached to an aromatic ring is 1. The van der Waals surface area contributed by atoms with E-state index in [2.05, 4.69) is 5.10 Å². The van der Waals surface area contributed by atoms with Crippen LogP contribution < -0.4 is 15.4 Å². The van der Waals surface area contributed by atoms with Crippen LogP contribution in [0.15, 0.2) is 24.3 Å². The first-order chi connectivity index (χ1) is 10.0. The number of methoxy groups -OCH3 is 1. The molecule has 112 valence electrons. The van der Waals surface area contributed by atoms with E-state index in [1.165, 1.54) is 9.58 Å². The second-order valence-corrected chi connectivity index (χ2v) is 4.72. The van der Waals surface area contributed by atoms with Crippen LogP contribution in [0.3, 0.4) is 0 Å². The lowest BCUT2D eigenvalue weighted by molar-refractivity contribution is 0.0984. The third-order valence-corrected chi connectivity index (χ3v) is 3.45. The molecule has 0 atom stereocenters. The number of nitrogens with two attached hydrogens (primary N) is 1. The molecule has 1 heterocycles. The fourth-order valence-electron chi connectivity index (χ4n) is 2.29. The number of carbonyl (C=O) groups is 1. The predicted octanol–water partition coefficient (Wildman–Crippen LogP) is 1.85. The van der Waals surface area contributed by atoms with E-state index in [-0.39, 0.29) is 5.91 Å². The van der Waals surface area contributed by atoms with Crippen molar-refractivity contribution in [2.45, 2.75) is 13.3 Å². The van der Waals surface area contributed by atoms with Crippen molar-refractivity contribution in [3.63, 3.8) is 0 Å². The molecule has 6 nitrogen and oxygen atoms in total. The van der Waals surface area contributed by atoms with Crippen LogP contribution in [0.1, 0.15) is 23.1 Å². The minimum atomic E-state index is -0.216. The zero-order chi connectivity index (χ0) is 15.6. The normalized spacial score (nSPS) is 10.5. The van der Waals surface area contributed by atoms with E-state index in [0.29, 0.717) is 29.2 Å². The number of aromatic nitrogens is 2. The number of amides is 1.